The van der Waals surface area contributed by atoms with Crippen molar-refractivity contribution in [1.29, 1.82) is 0 Å². The minimum absolute atomic E-state index is 0.195. The summed E-state index contributed by atoms with van der Waals surface area (Å²) in [5.41, 5.74) is -0.627. The predicted octanol–water partition coefficient (Wildman–Crippen LogP) is 1.33. The lowest BCUT2D eigenvalue weighted by Crippen LogP contribution is -2.40. The van der Waals surface area contributed by atoms with E-state index in [2.05, 4.69) is 0 Å². The number of likely N-dealkylation sites (N-methyl/N-ethyl adjacent to an activating group) is 1. The van der Waals surface area contributed by atoms with Gasteiger partial charge in [-0.3, -0.25) is 4.79 Å². The van der Waals surface area contributed by atoms with Gasteiger partial charge in [0, 0.05) is 13.0 Å². The van der Waals surface area contributed by atoms with Gasteiger partial charge in [0.1, 0.15) is 0 Å². The number of nitrogens with zero attached hydrogens (tertiary/aromatic N) is 1. The van der Waals surface area contributed by atoms with Gasteiger partial charge in [-0.2, -0.15) is 0 Å². The number of carbonyl (C=O) groups is 1. The summed E-state index contributed by atoms with van der Waals surface area (Å²) in [6.07, 6.45) is 2.29. The molecule has 0 aromatic carbocycles. The number of rotatable bonds is 8. The molecule has 0 aliphatic heterocycles. The standard InChI is InChI=1S/C11H23NO3/c1-4-11(15,5-2)9-12(3)8-6-7-10(13)14/h15H,4-9H2,1-3H3,(H,13,14). The van der Waals surface area contributed by atoms with Gasteiger partial charge in [-0.25, -0.2) is 0 Å². The highest BCUT2D eigenvalue weighted by molar-refractivity contribution is 5.66. The second kappa shape index (κ2) is 6.80. The molecule has 4 heteroatoms. The van der Waals surface area contributed by atoms with Crippen molar-refractivity contribution in [3.8, 4) is 0 Å². The Balaban J connectivity index is 3.81. The smallest absolute Gasteiger partial charge is 0.303 e. The predicted molar refractivity (Wildman–Crippen MR) is 59.9 cm³/mol. The van der Waals surface area contributed by atoms with Crippen LogP contribution in [0.15, 0.2) is 0 Å². The van der Waals surface area contributed by atoms with Crippen LogP contribution in [-0.2, 0) is 4.79 Å². The molecule has 0 amide bonds. The van der Waals surface area contributed by atoms with Gasteiger partial charge in [-0.05, 0) is 32.9 Å². The summed E-state index contributed by atoms with van der Waals surface area (Å²) in [4.78, 5) is 12.3. The van der Waals surface area contributed by atoms with Gasteiger partial charge in [-0.1, -0.05) is 13.8 Å². The normalized spacial score (nSPS) is 12.1. The summed E-state index contributed by atoms with van der Waals surface area (Å²) in [6, 6.07) is 0. The number of hydrogen-bond donors (Lipinski definition) is 2. The number of aliphatic carboxylic acids is 1. The molecule has 0 atom stereocenters. The van der Waals surface area contributed by atoms with Crippen molar-refractivity contribution in [3.63, 3.8) is 0 Å². The molecule has 0 aromatic rings. The number of carboxylic acid groups (broad SMARTS) is 1. The average Bonchev–Trinajstić information content (AvgIpc) is 2.17. The van der Waals surface area contributed by atoms with Crippen LogP contribution in [0, 0.1) is 0 Å². The molecule has 90 valence electrons. The average molecular weight is 217 g/mol. The molecular weight excluding hydrogens is 194 g/mol. The highest BCUT2D eigenvalue weighted by Crippen LogP contribution is 2.15. The molecule has 0 spiro atoms. The maximum absolute atomic E-state index is 10.3. The van der Waals surface area contributed by atoms with E-state index in [9.17, 15) is 9.90 Å². The molecule has 0 unspecified atom stereocenters. The van der Waals surface area contributed by atoms with Crippen LogP contribution in [0.4, 0.5) is 0 Å². The van der Waals surface area contributed by atoms with Gasteiger partial charge < -0.3 is 15.1 Å². The molecule has 0 saturated carbocycles. The topological polar surface area (TPSA) is 60.8 Å². The van der Waals surface area contributed by atoms with Crippen LogP contribution < -0.4 is 0 Å². The quantitative estimate of drug-likeness (QED) is 0.644. The third-order valence-electron chi connectivity index (χ3n) is 2.81. The third-order valence-corrected chi connectivity index (χ3v) is 2.81. The van der Waals surface area contributed by atoms with Gasteiger partial charge >= 0.3 is 5.97 Å². The first-order valence-electron chi connectivity index (χ1n) is 5.56. The number of aliphatic hydroxyl groups is 1. The van der Waals surface area contributed by atoms with Crippen LogP contribution in [0.25, 0.3) is 0 Å². The Morgan fingerprint density at radius 3 is 2.27 bits per heavy atom. The first kappa shape index (κ1) is 14.4. The highest BCUT2D eigenvalue weighted by Gasteiger charge is 2.23. The monoisotopic (exact) mass is 217 g/mol. The number of hydrogen-bond acceptors (Lipinski definition) is 3. The summed E-state index contributed by atoms with van der Waals surface area (Å²) >= 11 is 0. The lowest BCUT2D eigenvalue weighted by Gasteiger charge is -2.30. The molecule has 0 saturated heterocycles. The first-order chi connectivity index (χ1) is 6.93. The van der Waals surface area contributed by atoms with Crippen molar-refractivity contribution in [1.82, 2.24) is 4.90 Å². The maximum Gasteiger partial charge on any atom is 0.303 e. The Morgan fingerprint density at radius 2 is 1.87 bits per heavy atom. The fourth-order valence-corrected chi connectivity index (χ4v) is 1.56. The second-order valence-electron chi connectivity index (χ2n) is 4.17. The van der Waals surface area contributed by atoms with Crippen molar-refractivity contribution in [2.24, 2.45) is 0 Å². The zero-order chi connectivity index (χ0) is 11.9. The summed E-state index contributed by atoms with van der Waals surface area (Å²) in [6.45, 7) is 5.26. The third kappa shape index (κ3) is 6.47. The number of carboxylic acids is 1. The molecule has 0 rings (SSSR count). The Bertz CT molecular complexity index is 190. The zero-order valence-electron chi connectivity index (χ0n) is 9.99. The van der Waals surface area contributed by atoms with E-state index in [0.717, 1.165) is 12.8 Å². The maximum atomic E-state index is 10.3. The fourth-order valence-electron chi connectivity index (χ4n) is 1.56. The van der Waals surface area contributed by atoms with E-state index in [1.165, 1.54) is 0 Å². The van der Waals surface area contributed by atoms with Gasteiger partial charge in [-0.15, -0.1) is 0 Å². The summed E-state index contributed by atoms with van der Waals surface area (Å²) in [5.74, 6) is -0.760. The van der Waals surface area contributed by atoms with E-state index in [1.807, 2.05) is 25.8 Å². The van der Waals surface area contributed by atoms with Crippen LogP contribution in [0.3, 0.4) is 0 Å². The molecule has 0 heterocycles. The van der Waals surface area contributed by atoms with E-state index in [-0.39, 0.29) is 6.42 Å². The Morgan fingerprint density at radius 1 is 1.33 bits per heavy atom. The summed E-state index contributed by atoms with van der Waals surface area (Å²) in [7, 11) is 1.91. The lowest BCUT2D eigenvalue weighted by molar-refractivity contribution is -0.137. The fraction of sp³-hybridized carbons (Fsp3) is 0.909. The van der Waals surface area contributed by atoms with Crippen LogP contribution >= 0.6 is 0 Å². The molecule has 0 aliphatic rings. The molecule has 2 N–H and O–H groups in total. The molecule has 0 radical (unpaired) electrons. The molecule has 0 aromatic heterocycles. The van der Waals surface area contributed by atoms with Crippen LogP contribution in [0.5, 0.6) is 0 Å². The molecule has 0 bridgehead atoms. The highest BCUT2D eigenvalue weighted by atomic mass is 16.4. The molecule has 4 nitrogen and oxygen atoms in total. The molecule has 15 heavy (non-hydrogen) atoms. The lowest BCUT2D eigenvalue weighted by atomic mass is 9.97. The van der Waals surface area contributed by atoms with E-state index >= 15 is 0 Å². The van der Waals surface area contributed by atoms with Gasteiger partial charge in [0.05, 0.1) is 5.60 Å². The molecule has 0 aliphatic carbocycles. The SMILES string of the molecule is CCC(O)(CC)CN(C)CCCC(=O)O. The van der Waals surface area contributed by atoms with Crippen LogP contribution in [-0.4, -0.2) is 46.8 Å². The van der Waals surface area contributed by atoms with Crippen molar-refractivity contribution < 1.29 is 15.0 Å². The van der Waals surface area contributed by atoms with E-state index < -0.39 is 11.6 Å². The van der Waals surface area contributed by atoms with Crippen molar-refractivity contribution in [3.05, 3.63) is 0 Å². The van der Waals surface area contributed by atoms with E-state index in [1.54, 1.807) is 0 Å². The van der Waals surface area contributed by atoms with E-state index in [0.29, 0.717) is 19.5 Å². The van der Waals surface area contributed by atoms with E-state index in [4.69, 9.17) is 5.11 Å². The molecular formula is C11H23NO3. The van der Waals surface area contributed by atoms with Crippen molar-refractivity contribution >= 4 is 5.97 Å². The first-order valence-corrected chi connectivity index (χ1v) is 5.56. The Kier molecular flexibility index (Phi) is 6.52. The van der Waals surface area contributed by atoms with Crippen molar-refractivity contribution in [2.45, 2.75) is 45.1 Å². The minimum atomic E-state index is -0.760. The Hall–Kier alpha value is -0.610. The largest absolute Gasteiger partial charge is 0.481 e. The second-order valence-corrected chi connectivity index (χ2v) is 4.17. The minimum Gasteiger partial charge on any atom is -0.481 e. The van der Waals surface area contributed by atoms with Gasteiger partial charge in [0.15, 0.2) is 0 Å². The van der Waals surface area contributed by atoms with Gasteiger partial charge in [0.2, 0.25) is 0 Å². The van der Waals surface area contributed by atoms with Gasteiger partial charge in [0.25, 0.3) is 0 Å². The van der Waals surface area contributed by atoms with Crippen LogP contribution in [0.1, 0.15) is 39.5 Å². The molecule has 0 fully saturated rings. The van der Waals surface area contributed by atoms with Crippen LogP contribution in [0.2, 0.25) is 0 Å². The summed E-state index contributed by atoms with van der Waals surface area (Å²) in [5, 5.41) is 18.5. The Labute approximate surface area is 91.9 Å². The summed E-state index contributed by atoms with van der Waals surface area (Å²) < 4.78 is 0. The van der Waals surface area contributed by atoms with Crippen molar-refractivity contribution in [2.75, 3.05) is 20.1 Å². The zero-order valence-corrected chi connectivity index (χ0v) is 9.99.